The van der Waals surface area contributed by atoms with Gasteiger partial charge in [-0.2, -0.15) is 0 Å². The average Bonchev–Trinajstić information content (AvgIpc) is 2.90. The van der Waals surface area contributed by atoms with Crippen molar-refractivity contribution < 1.29 is 0 Å². The van der Waals surface area contributed by atoms with Crippen LogP contribution in [-0.4, -0.2) is 17.6 Å². The molecule has 0 saturated heterocycles. The number of nitrogens with zero attached hydrogens (tertiary/aromatic N) is 1. The molecule has 1 aliphatic carbocycles. The molecule has 1 saturated carbocycles. The molecule has 3 heteroatoms. The second-order valence-corrected chi connectivity index (χ2v) is 4.08. The van der Waals surface area contributed by atoms with Crippen LogP contribution in [0.25, 0.3) is 0 Å². The molecule has 0 bridgehead atoms. The molecule has 13 heavy (non-hydrogen) atoms. The largest absolute Gasteiger partial charge is 0.314 e. The molecule has 2 nitrogen and oxygen atoms in total. The van der Waals surface area contributed by atoms with E-state index in [1.165, 1.54) is 18.4 Å². The number of aromatic nitrogens is 1. The van der Waals surface area contributed by atoms with Crippen LogP contribution >= 0.6 is 11.6 Å². The third kappa shape index (κ3) is 1.84. The first-order valence-electron chi connectivity index (χ1n) is 4.53. The summed E-state index contributed by atoms with van der Waals surface area (Å²) < 4.78 is 0. The molecule has 1 fully saturated rings. The Morgan fingerprint density at radius 1 is 1.62 bits per heavy atom. The Bertz CT molecular complexity index is 308. The molecule has 0 spiro atoms. The van der Waals surface area contributed by atoms with E-state index in [0.29, 0.717) is 5.54 Å². The summed E-state index contributed by atoms with van der Waals surface area (Å²) in [7, 11) is 2.02. The highest BCUT2D eigenvalue weighted by molar-refractivity contribution is 6.31. The van der Waals surface area contributed by atoms with E-state index in [1.807, 2.05) is 13.1 Å². The normalized spacial score (nSPS) is 18.6. The van der Waals surface area contributed by atoms with Crippen LogP contribution in [0, 0.1) is 0 Å². The van der Waals surface area contributed by atoms with Gasteiger partial charge in [0.05, 0.1) is 5.02 Å². The minimum absolute atomic E-state index is 0.324. The summed E-state index contributed by atoms with van der Waals surface area (Å²) in [4.78, 5) is 3.97. The molecule has 1 aliphatic rings. The molecule has 1 heterocycles. The number of rotatable bonds is 3. The Morgan fingerprint density at radius 2 is 2.38 bits per heavy atom. The summed E-state index contributed by atoms with van der Waals surface area (Å²) in [6.07, 6.45) is 7.03. The zero-order chi connectivity index (χ0) is 9.31. The quantitative estimate of drug-likeness (QED) is 0.801. The van der Waals surface area contributed by atoms with E-state index in [0.717, 1.165) is 11.4 Å². The standard InChI is InChI=1S/C10H13ClN2/c1-12-10(3-4-10)6-8-2-5-13-7-9(8)11/h2,5,7,12H,3-4,6H2,1H3. The number of likely N-dealkylation sites (N-methyl/N-ethyl adjacent to an activating group) is 1. The first-order valence-corrected chi connectivity index (χ1v) is 4.91. The summed E-state index contributed by atoms with van der Waals surface area (Å²) in [6, 6.07) is 2.00. The van der Waals surface area contributed by atoms with Crippen LogP contribution < -0.4 is 5.32 Å². The summed E-state index contributed by atoms with van der Waals surface area (Å²) in [5.74, 6) is 0. The summed E-state index contributed by atoms with van der Waals surface area (Å²) >= 11 is 6.02. The number of hydrogen-bond donors (Lipinski definition) is 1. The highest BCUT2D eigenvalue weighted by Crippen LogP contribution is 2.39. The van der Waals surface area contributed by atoms with Gasteiger partial charge in [-0.25, -0.2) is 0 Å². The third-order valence-corrected chi connectivity index (χ3v) is 3.11. The van der Waals surface area contributed by atoms with Crippen LogP contribution in [-0.2, 0) is 6.42 Å². The predicted molar refractivity (Wildman–Crippen MR) is 54.0 cm³/mol. The van der Waals surface area contributed by atoms with E-state index in [9.17, 15) is 0 Å². The summed E-state index contributed by atoms with van der Waals surface area (Å²) in [5.41, 5.74) is 1.52. The molecule has 0 radical (unpaired) electrons. The lowest BCUT2D eigenvalue weighted by atomic mass is 10.1. The van der Waals surface area contributed by atoms with Crippen molar-refractivity contribution in [3.63, 3.8) is 0 Å². The van der Waals surface area contributed by atoms with Gasteiger partial charge in [0.1, 0.15) is 0 Å². The molecule has 0 unspecified atom stereocenters. The van der Waals surface area contributed by atoms with Crippen molar-refractivity contribution in [2.24, 2.45) is 0 Å². The second kappa shape index (κ2) is 3.28. The van der Waals surface area contributed by atoms with Crippen molar-refractivity contribution in [3.05, 3.63) is 29.0 Å². The van der Waals surface area contributed by atoms with Gasteiger partial charge in [-0.3, -0.25) is 4.98 Å². The van der Waals surface area contributed by atoms with Gasteiger partial charge in [0.25, 0.3) is 0 Å². The van der Waals surface area contributed by atoms with Gasteiger partial charge in [-0.05, 0) is 37.9 Å². The number of hydrogen-bond acceptors (Lipinski definition) is 2. The summed E-state index contributed by atoms with van der Waals surface area (Å²) in [5, 5.41) is 4.13. The maximum atomic E-state index is 6.02. The maximum Gasteiger partial charge on any atom is 0.0621 e. The molecule has 0 aliphatic heterocycles. The van der Waals surface area contributed by atoms with Gasteiger partial charge in [0, 0.05) is 17.9 Å². The van der Waals surface area contributed by atoms with Crippen LogP contribution in [0.1, 0.15) is 18.4 Å². The second-order valence-electron chi connectivity index (χ2n) is 3.67. The van der Waals surface area contributed by atoms with Gasteiger partial charge in [-0.1, -0.05) is 11.6 Å². The molecule has 1 N–H and O–H groups in total. The third-order valence-electron chi connectivity index (χ3n) is 2.77. The monoisotopic (exact) mass is 196 g/mol. The van der Waals surface area contributed by atoms with E-state index in [1.54, 1.807) is 12.4 Å². The first kappa shape index (κ1) is 8.97. The maximum absolute atomic E-state index is 6.02. The lowest BCUT2D eigenvalue weighted by Gasteiger charge is -2.14. The first-order chi connectivity index (χ1) is 6.26. The van der Waals surface area contributed by atoms with Gasteiger partial charge in [-0.15, -0.1) is 0 Å². The van der Waals surface area contributed by atoms with E-state index in [2.05, 4.69) is 10.3 Å². The van der Waals surface area contributed by atoms with E-state index in [-0.39, 0.29) is 0 Å². The van der Waals surface area contributed by atoms with Crippen LogP contribution in [0.5, 0.6) is 0 Å². The van der Waals surface area contributed by atoms with Crippen LogP contribution in [0.4, 0.5) is 0 Å². The van der Waals surface area contributed by atoms with Crippen LogP contribution in [0.2, 0.25) is 5.02 Å². The minimum Gasteiger partial charge on any atom is -0.314 e. The Kier molecular flexibility index (Phi) is 2.26. The fourth-order valence-electron chi connectivity index (χ4n) is 1.58. The van der Waals surface area contributed by atoms with Gasteiger partial charge >= 0.3 is 0 Å². The van der Waals surface area contributed by atoms with E-state index < -0.39 is 0 Å². The van der Waals surface area contributed by atoms with Gasteiger partial charge in [0.2, 0.25) is 0 Å². The van der Waals surface area contributed by atoms with Gasteiger partial charge in [0.15, 0.2) is 0 Å². The molecular weight excluding hydrogens is 184 g/mol. The van der Waals surface area contributed by atoms with Crippen molar-refractivity contribution in [2.45, 2.75) is 24.8 Å². The van der Waals surface area contributed by atoms with Crippen molar-refractivity contribution in [1.29, 1.82) is 0 Å². The summed E-state index contributed by atoms with van der Waals surface area (Å²) in [6.45, 7) is 0. The smallest absolute Gasteiger partial charge is 0.0621 e. The topological polar surface area (TPSA) is 24.9 Å². The van der Waals surface area contributed by atoms with Crippen LogP contribution in [0.3, 0.4) is 0 Å². The highest BCUT2D eigenvalue weighted by atomic mass is 35.5. The number of halogens is 1. The van der Waals surface area contributed by atoms with E-state index >= 15 is 0 Å². The fraction of sp³-hybridized carbons (Fsp3) is 0.500. The Hall–Kier alpha value is -0.600. The molecule has 1 aromatic heterocycles. The van der Waals surface area contributed by atoms with Crippen molar-refractivity contribution >= 4 is 11.6 Å². The molecule has 0 aromatic carbocycles. The Labute approximate surface area is 83.3 Å². The zero-order valence-electron chi connectivity index (χ0n) is 7.68. The molecule has 0 atom stereocenters. The number of nitrogens with one attached hydrogen (secondary N) is 1. The number of pyridine rings is 1. The molecule has 2 rings (SSSR count). The lowest BCUT2D eigenvalue weighted by molar-refractivity contribution is 0.548. The SMILES string of the molecule is CNC1(Cc2ccncc2Cl)CC1. The van der Waals surface area contributed by atoms with Crippen molar-refractivity contribution in [3.8, 4) is 0 Å². The Balaban J connectivity index is 2.14. The molecule has 0 amide bonds. The molecular formula is C10H13ClN2. The Morgan fingerprint density at radius 3 is 2.92 bits per heavy atom. The molecule has 70 valence electrons. The van der Waals surface area contributed by atoms with Crippen LogP contribution in [0.15, 0.2) is 18.5 Å². The zero-order valence-corrected chi connectivity index (χ0v) is 8.43. The lowest BCUT2D eigenvalue weighted by Crippen LogP contribution is -2.29. The van der Waals surface area contributed by atoms with Gasteiger partial charge < -0.3 is 5.32 Å². The van der Waals surface area contributed by atoms with Crippen molar-refractivity contribution in [1.82, 2.24) is 10.3 Å². The van der Waals surface area contributed by atoms with Crippen molar-refractivity contribution in [2.75, 3.05) is 7.05 Å². The highest BCUT2D eigenvalue weighted by Gasteiger charge is 2.41. The predicted octanol–water partition coefficient (Wildman–Crippen LogP) is 2.03. The minimum atomic E-state index is 0.324. The van der Waals surface area contributed by atoms with E-state index in [4.69, 9.17) is 11.6 Å². The molecule has 1 aromatic rings. The average molecular weight is 197 g/mol. The fourth-order valence-corrected chi connectivity index (χ4v) is 1.76.